The van der Waals surface area contributed by atoms with Gasteiger partial charge in [-0.2, -0.15) is 0 Å². The molecule has 0 aliphatic heterocycles. The van der Waals surface area contributed by atoms with Crippen LogP contribution in [0.3, 0.4) is 0 Å². The first-order valence-corrected chi connectivity index (χ1v) is 13.0. The minimum atomic E-state index is -1.44. The molecule has 4 rings (SSSR count). The Kier molecular flexibility index (Phi) is 6.39. The van der Waals surface area contributed by atoms with Crippen LogP contribution in [-0.4, -0.2) is 41.4 Å². The maximum absolute atomic E-state index is 15.8. The quantitative estimate of drug-likeness (QED) is 0.337. The highest BCUT2D eigenvalue weighted by Gasteiger charge is 2.74. The molecule has 0 aromatic heterocycles. The number of carbonyl (C=O) groups excluding carboxylic acids is 3. The number of Topliss-reactive ketones (excluding diaryl/α,β-unsaturated/α-hetero) is 1. The molecule has 0 heterocycles. The van der Waals surface area contributed by atoms with Gasteiger partial charge in [-0.25, -0.2) is 4.39 Å². The van der Waals surface area contributed by atoms with Gasteiger partial charge in [-0.1, -0.05) is 42.8 Å². The van der Waals surface area contributed by atoms with Crippen LogP contribution >= 0.6 is 15.9 Å². The Morgan fingerprint density at radius 3 is 2.43 bits per heavy atom. The highest BCUT2D eigenvalue weighted by molar-refractivity contribution is 9.10. The molecule has 192 valence electrons. The first-order chi connectivity index (χ1) is 16.3. The Balaban J connectivity index is 1.81. The summed E-state index contributed by atoms with van der Waals surface area (Å²) in [4.78, 5) is 37.4. The number of carbonyl (C=O) groups is 3. The second-order valence-corrected chi connectivity index (χ2v) is 12.4. The van der Waals surface area contributed by atoms with Crippen LogP contribution in [0.4, 0.5) is 4.39 Å². The molecule has 1 unspecified atom stereocenters. The zero-order chi connectivity index (χ0) is 26.0. The summed E-state index contributed by atoms with van der Waals surface area (Å²) >= 11 is 4.11. The Morgan fingerprint density at radius 2 is 1.83 bits per heavy atom. The van der Waals surface area contributed by atoms with Crippen molar-refractivity contribution in [2.24, 2.45) is 28.6 Å². The Labute approximate surface area is 214 Å². The van der Waals surface area contributed by atoms with Crippen molar-refractivity contribution in [3.8, 4) is 0 Å². The van der Waals surface area contributed by atoms with Crippen LogP contribution in [0.2, 0.25) is 0 Å². The number of fused-ring (bicyclic) bond motifs is 5. The number of ether oxygens (including phenoxy) is 3. The largest absolute Gasteiger partial charge is 0.497 e. The number of allylic oxidation sites excluding steroid dienone is 5. The topological polar surface area (TPSA) is 78.9 Å². The molecular weight excluding hydrogens is 519 g/mol. The van der Waals surface area contributed by atoms with Crippen molar-refractivity contribution in [3.05, 3.63) is 35.4 Å². The van der Waals surface area contributed by atoms with Gasteiger partial charge in [0.05, 0.1) is 7.11 Å². The Morgan fingerprint density at radius 1 is 1.14 bits per heavy atom. The molecule has 0 radical (unpaired) electrons. The van der Waals surface area contributed by atoms with E-state index in [0.29, 0.717) is 30.6 Å². The number of methoxy groups -OCH3 is 1. The minimum absolute atomic E-state index is 0.100. The van der Waals surface area contributed by atoms with Gasteiger partial charge in [0.1, 0.15) is 11.6 Å². The monoisotopic (exact) mass is 552 g/mol. The smallest absolute Gasteiger partial charge is 0.303 e. The molecule has 0 N–H and O–H groups in total. The normalized spacial score (nSPS) is 41.8. The van der Waals surface area contributed by atoms with E-state index < -0.39 is 45.1 Å². The molecule has 8 heteroatoms. The predicted octanol–water partition coefficient (Wildman–Crippen LogP) is 5.36. The van der Waals surface area contributed by atoms with Crippen LogP contribution in [0.15, 0.2) is 35.4 Å². The van der Waals surface area contributed by atoms with Gasteiger partial charge in [0.2, 0.25) is 5.78 Å². The van der Waals surface area contributed by atoms with Crippen LogP contribution in [0.5, 0.6) is 0 Å². The van der Waals surface area contributed by atoms with Gasteiger partial charge in [0.25, 0.3) is 0 Å². The summed E-state index contributed by atoms with van der Waals surface area (Å²) in [5.41, 5.74) is -2.17. The number of esters is 2. The molecule has 7 atom stereocenters. The second-order valence-electron chi connectivity index (χ2n) is 11.0. The van der Waals surface area contributed by atoms with E-state index >= 15 is 4.39 Å². The number of hydrogen-bond donors (Lipinski definition) is 0. The van der Waals surface area contributed by atoms with E-state index in [1.54, 1.807) is 13.2 Å². The molecule has 0 aromatic carbocycles. The lowest BCUT2D eigenvalue weighted by molar-refractivity contribution is -0.194. The number of alkyl halides is 1. The van der Waals surface area contributed by atoms with Gasteiger partial charge < -0.3 is 14.2 Å². The Hall–Kier alpha value is -1.96. The summed E-state index contributed by atoms with van der Waals surface area (Å²) in [5, 5.41) is 0. The van der Waals surface area contributed by atoms with Crippen LogP contribution < -0.4 is 0 Å². The van der Waals surface area contributed by atoms with Crippen LogP contribution in [0, 0.1) is 28.6 Å². The van der Waals surface area contributed by atoms with Crippen LogP contribution in [0.25, 0.3) is 0 Å². The van der Waals surface area contributed by atoms with Crippen LogP contribution in [-0.2, 0) is 28.6 Å². The van der Waals surface area contributed by atoms with Gasteiger partial charge >= 0.3 is 11.9 Å². The fourth-order valence-electron chi connectivity index (χ4n) is 7.72. The zero-order valence-electron chi connectivity index (χ0n) is 21.2. The summed E-state index contributed by atoms with van der Waals surface area (Å²) in [6.45, 7) is 8.03. The highest BCUT2D eigenvalue weighted by Crippen LogP contribution is 2.72. The van der Waals surface area contributed by atoms with E-state index in [4.69, 9.17) is 14.2 Å². The zero-order valence-corrected chi connectivity index (χ0v) is 22.8. The van der Waals surface area contributed by atoms with Gasteiger partial charge in [-0.3, -0.25) is 14.4 Å². The molecule has 0 saturated heterocycles. The van der Waals surface area contributed by atoms with Crippen molar-refractivity contribution < 1.29 is 33.0 Å². The predicted molar refractivity (Wildman–Crippen MR) is 131 cm³/mol. The summed E-state index contributed by atoms with van der Waals surface area (Å²) in [6, 6.07) is 0. The summed E-state index contributed by atoms with van der Waals surface area (Å²) < 4.78 is 31.7. The fraction of sp³-hybridized carbons (Fsp3) is 0.667. The SMILES string of the molecule is COC1=CC2=C(F)C[C@H]3[C@@H]4CC(C)[C@](OC(C)=O)(C(=O)COC(C)=O)[C@@]4(C)CC[C@]3(Br)[C@@]2(C)C=C1. The number of halogens is 2. The first kappa shape index (κ1) is 26.1. The van der Waals surface area contributed by atoms with E-state index in [1.165, 1.54) is 13.8 Å². The van der Waals surface area contributed by atoms with Gasteiger partial charge in [-0.05, 0) is 48.8 Å². The molecule has 0 aromatic rings. The van der Waals surface area contributed by atoms with Crippen LogP contribution in [0.1, 0.15) is 60.3 Å². The van der Waals surface area contributed by atoms with Gasteiger partial charge in [0.15, 0.2) is 12.2 Å². The van der Waals surface area contributed by atoms with Crippen molar-refractivity contribution in [2.45, 2.75) is 70.2 Å². The van der Waals surface area contributed by atoms with Crippen molar-refractivity contribution in [1.29, 1.82) is 0 Å². The molecule has 2 fully saturated rings. The average molecular weight is 553 g/mol. The maximum atomic E-state index is 15.8. The lowest BCUT2D eigenvalue weighted by atomic mass is 9.47. The molecule has 2 saturated carbocycles. The van der Waals surface area contributed by atoms with E-state index in [9.17, 15) is 14.4 Å². The van der Waals surface area contributed by atoms with Gasteiger partial charge in [-0.15, -0.1) is 0 Å². The molecule has 0 amide bonds. The summed E-state index contributed by atoms with van der Waals surface area (Å²) in [6.07, 6.45) is 7.74. The van der Waals surface area contributed by atoms with E-state index in [0.717, 1.165) is 0 Å². The molecular formula is C27H34BrFO6. The lowest BCUT2D eigenvalue weighted by Crippen LogP contribution is -2.64. The van der Waals surface area contributed by atoms with Crippen molar-refractivity contribution in [1.82, 2.24) is 0 Å². The first-order valence-electron chi connectivity index (χ1n) is 12.2. The molecule has 6 nitrogen and oxygen atoms in total. The average Bonchev–Trinajstić information content (AvgIpc) is 3.01. The highest BCUT2D eigenvalue weighted by atomic mass is 79.9. The maximum Gasteiger partial charge on any atom is 0.303 e. The van der Waals surface area contributed by atoms with Crippen molar-refractivity contribution >= 4 is 33.7 Å². The minimum Gasteiger partial charge on any atom is -0.497 e. The standard InChI is InChI=1S/C27H34BrFO6/c1-15-11-19-20-13-22(29)21-12-18(33-6)7-8-24(21,4)26(20,28)10-9-25(19,5)27(15,35-17(3)31)23(32)14-34-16(2)30/h7-8,12,15,19-20H,9-11,13-14H2,1-6H3/t15?,19-,20-,24-,25-,26+,27-/m0/s1. The van der Waals surface area contributed by atoms with Crippen molar-refractivity contribution in [2.75, 3.05) is 13.7 Å². The number of ketones is 1. The number of rotatable bonds is 5. The van der Waals surface area contributed by atoms with E-state index in [-0.39, 0.29) is 30.0 Å². The summed E-state index contributed by atoms with van der Waals surface area (Å²) in [7, 11) is 1.57. The van der Waals surface area contributed by atoms with Gasteiger partial charge in [0, 0.05) is 41.3 Å². The van der Waals surface area contributed by atoms with Crippen molar-refractivity contribution in [3.63, 3.8) is 0 Å². The molecule has 35 heavy (non-hydrogen) atoms. The fourth-order valence-corrected chi connectivity index (χ4v) is 8.74. The third kappa shape index (κ3) is 3.49. The number of hydrogen-bond acceptors (Lipinski definition) is 6. The molecule has 0 bridgehead atoms. The molecule has 0 spiro atoms. The lowest BCUT2D eigenvalue weighted by Gasteiger charge is -2.61. The summed E-state index contributed by atoms with van der Waals surface area (Å²) in [5.74, 6) is -1.66. The third-order valence-electron chi connectivity index (χ3n) is 9.39. The third-order valence-corrected chi connectivity index (χ3v) is 11.2. The molecule has 4 aliphatic rings. The Bertz CT molecular complexity index is 1060. The molecule has 4 aliphatic carbocycles. The second kappa shape index (κ2) is 8.56. The van der Waals surface area contributed by atoms with E-state index in [1.807, 2.05) is 26.0 Å². The van der Waals surface area contributed by atoms with E-state index in [2.05, 4.69) is 22.9 Å².